The van der Waals surface area contributed by atoms with Gasteiger partial charge in [-0.2, -0.15) is 0 Å². The molecule has 1 aromatic carbocycles. The molecule has 0 aromatic heterocycles. The molecule has 19 heavy (non-hydrogen) atoms. The average molecular weight is 283 g/mol. The molecule has 0 heterocycles. The first-order valence-electron chi connectivity index (χ1n) is 6.96. The van der Waals surface area contributed by atoms with Gasteiger partial charge in [-0.15, -0.1) is 11.6 Å². The molecule has 106 valence electrons. The van der Waals surface area contributed by atoms with Gasteiger partial charge in [-0.25, -0.2) is 0 Å². The summed E-state index contributed by atoms with van der Waals surface area (Å²) in [6.07, 6.45) is 5.39. The Labute approximate surface area is 121 Å². The van der Waals surface area contributed by atoms with Gasteiger partial charge >= 0.3 is 0 Å². The van der Waals surface area contributed by atoms with Crippen molar-refractivity contribution in [1.82, 2.24) is 0 Å². The van der Waals surface area contributed by atoms with Crippen molar-refractivity contribution in [3.8, 4) is 0 Å². The molecule has 0 saturated heterocycles. The van der Waals surface area contributed by atoms with Crippen LogP contribution < -0.4 is 0 Å². The molecule has 2 rings (SSSR count). The Morgan fingerprint density at radius 3 is 2.37 bits per heavy atom. The molecule has 1 aliphatic rings. The highest BCUT2D eigenvalue weighted by Gasteiger charge is 2.38. The minimum absolute atomic E-state index is 0.0289. The van der Waals surface area contributed by atoms with Gasteiger partial charge in [0.15, 0.2) is 0 Å². The van der Waals surface area contributed by atoms with Crippen LogP contribution in [0.15, 0.2) is 24.3 Å². The van der Waals surface area contributed by atoms with Gasteiger partial charge in [0.2, 0.25) is 0 Å². The zero-order valence-electron chi connectivity index (χ0n) is 11.8. The van der Waals surface area contributed by atoms with Crippen LogP contribution in [0.2, 0.25) is 0 Å². The van der Waals surface area contributed by atoms with E-state index in [1.807, 2.05) is 0 Å². The van der Waals surface area contributed by atoms with E-state index in [2.05, 4.69) is 24.3 Å². The second-order valence-corrected chi connectivity index (χ2v) is 5.92. The molecule has 1 fully saturated rings. The Morgan fingerprint density at radius 1 is 1.21 bits per heavy atom. The Kier molecular flexibility index (Phi) is 5.26. The van der Waals surface area contributed by atoms with Crippen molar-refractivity contribution in [3.63, 3.8) is 0 Å². The third kappa shape index (κ3) is 3.71. The van der Waals surface area contributed by atoms with Crippen molar-refractivity contribution >= 4 is 11.6 Å². The van der Waals surface area contributed by atoms with E-state index in [1.165, 1.54) is 17.5 Å². The topological polar surface area (TPSA) is 18.5 Å². The van der Waals surface area contributed by atoms with E-state index in [0.29, 0.717) is 0 Å². The monoisotopic (exact) mass is 282 g/mol. The van der Waals surface area contributed by atoms with Crippen LogP contribution in [0.5, 0.6) is 0 Å². The number of rotatable bonds is 7. The molecular weight excluding hydrogens is 260 g/mol. The van der Waals surface area contributed by atoms with Crippen molar-refractivity contribution < 1.29 is 9.47 Å². The maximum absolute atomic E-state index is 6.53. The number of halogens is 1. The van der Waals surface area contributed by atoms with E-state index >= 15 is 0 Å². The van der Waals surface area contributed by atoms with E-state index in [1.54, 1.807) is 14.2 Å². The lowest BCUT2D eigenvalue weighted by Gasteiger charge is -2.41. The average Bonchev–Trinajstić information content (AvgIpc) is 2.41. The maximum Gasteiger partial charge on any atom is 0.0696 e. The third-order valence-corrected chi connectivity index (χ3v) is 4.59. The van der Waals surface area contributed by atoms with E-state index in [4.69, 9.17) is 21.1 Å². The summed E-state index contributed by atoms with van der Waals surface area (Å²) in [5.74, 6) is 0. The summed E-state index contributed by atoms with van der Waals surface area (Å²) in [4.78, 5) is 0. The number of benzene rings is 1. The van der Waals surface area contributed by atoms with Gasteiger partial charge in [0.05, 0.1) is 17.6 Å². The van der Waals surface area contributed by atoms with Crippen molar-refractivity contribution in [2.24, 2.45) is 0 Å². The second kappa shape index (κ2) is 6.74. The molecule has 0 radical (unpaired) electrons. The molecule has 1 atom stereocenters. The Hall–Kier alpha value is -0.570. The quantitative estimate of drug-likeness (QED) is 0.701. The zero-order valence-corrected chi connectivity index (χ0v) is 12.6. The Morgan fingerprint density at radius 2 is 1.89 bits per heavy atom. The number of alkyl halides is 1. The van der Waals surface area contributed by atoms with Gasteiger partial charge in [0, 0.05) is 14.2 Å². The number of ether oxygens (including phenoxy) is 2. The maximum atomic E-state index is 6.53. The summed E-state index contributed by atoms with van der Waals surface area (Å²) < 4.78 is 10.7. The highest BCUT2D eigenvalue weighted by Crippen LogP contribution is 2.43. The first kappa shape index (κ1) is 14.8. The number of methoxy groups -OCH3 is 2. The van der Waals surface area contributed by atoms with Gasteiger partial charge in [0.25, 0.3) is 0 Å². The molecule has 1 saturated carbocycles. The SMILES string of the molecule is COCCc1ccc(C(Cl)CC2(OC)CCC2)cc1. The van der Waals surface area contributed by atoms with Gasteiger partial charge in [-0.05, 0) is 43.2 Å². The van der Waals surface area contributed by atoms with E-state index in [9.17, 15) is 0 Å². The van der Waals surface area contributed by atoms with Gasteiger partial charge in [-0.3, -0.25) is 0 Å². The smallest absolute Gasteiger partial charge is 0.0696 e. The molecule has 0 N–H and O–H groups in total. The zero-order chi connectivity index (χ0) is 13.7. The minimum atomic E-state index is 0.0289. The summed E-state index contributed by atoms with van der Waals surface area (Å²) >= 11 is 6.53. The molecule has 2 nitrogen and oxygen atoms in total. The molecule has 1 aromatic rings. The molecule has 1 aliphatic carbocycles. The van der Waals surface area contributed by atoms with Crippen LogP contribution >= 0.6 is 11.6 Å². The predicted molar refractivity (Wildman–Crippen MR) is 78.8 cm³/mol. The van der Waals surface area contributed by atoms with Crippen molar-refractivity contribution in [3.05, 3.63) is 35.4 Å². The molecule has 0 bridgehead atoms. The van der Waals surface area contributed by atoms with Crippen LogP contribution in [-0.4, -0.2) is 26.4 Å². The lowest BCUT2D eigenvalue weighted by molar-refractivity contribution is -0.0780. The van der Waals surface area contributed by atoms with Crippen molar-refractivity contribution in [2.45, 2.75) is 43.1 Å². The van der Waals surface area contributed by atoms with Crippen molar-refractivity contribution in [1.29, 1.82) is 0 Å². The molecule has 0 aliphatic heterocycles. The van der Waals surface area contributed by atoms with Crippen LogP contribution in [0.25, 0.3) is 0 Å². The summed E-state index contributed by atoms with van der Waals surface area (Å²) in [6, 6.07) is 8.54. The van der Waals surface area contributed by atoms with E-state index < -0.39 is 0 Å². The molecular formula is C16H23ClO2. The Bertz CT molecular complexity index is 379. The highest BCUT2D eigenvalue weighted by molar-refractivity contribution is 6.20. The van der Waals surface area contributed by atoms with Crippen LogP contribution in [0.3, 0.4) is 0 Å². The second-order valence-electron chi connectivity index (χ2n) is 5.40. The highest BCUT2D eigenvalue weighted by atomic mass is 35.5. The lowest BCUT2D eigenvalue weighted by Crippen LogP contribution is -2.39. The van der Waals surface area contributed by atoms with Gasteiger partial charge in [-0.1, -0.05) is 24.3 Å². The molecule has 0 spiro atoms. The molecule has 0 amide bonds. The first-order chi connectivity index (χ1) is 9.19. The first-order valence-corrected chi connectivity index (χ1v) is 7.40. The van der Waals surface area contributed by atoms with E-state index in [0.717, 1.165) is 32.3 Å². The lowest BCUT2D eigenvalue weighted by atomic mass is 9.76. The fraction of sp³-hybridized carbons (Fsp3) is 0.625. The van der Waals surface area contributed by atoms with Crippen LogP contribution in [0.4, 0.5) is 0 Å². The third-order valence-electron chi connectivity index (χ3n) is 4.19. The van der Waals surface area contributed by atoms with Crippen molar-refractivity contribution in [2.75, 3.05) is 20.8 Å². The van der Waals surface area contributed by atoms with Gasteiger partial charge < -0.3 is 9.47 Å². The normalized spacial score (nSPS) is 18.9. The summed E-state index contributed by atoms with van der Waals surface area (Å²) in [7, 11) is 3.53. The minimum Gasteiger partial charge on any atom is -0.384 e. The fourth-order valence-electron chi connectivity index (χ4n) is 2.62. The number of hydrogen-bond acceptors (Lipinski definition) is 2. The summed E-state index contributed by atoms with van der Waals surface area (Å²) in [5, 5.41) is 0.0386. The summed E-state index contributed by atoms with van der Waals surface area (Å²) in [5.41, 5.74) is 2.51. The largest absolute Gasteiger partial charge is 0.384 e. The van der Waals surface area contributed by atoms with E-state index in [-0.39, 0.29) is 11.0 Å². The summed E-state index contributed by atoms with van der Waals surface area (Å²) in [6.45, 7) is 0.760. The molecule has 1 unspecified atom stereocenters. The molecule has 3 heteroatoms. The Balaban J connectivity index is 1.93. The number of hydrogen-bond donors (Lipinski definition) is 0. The van der Waals surface area contributed by atoms with Crippen LogP contribution in [0, 0.1) is 0 Å². The fourth-order valence-corrected chi connectivity index (χ4v) is 3.05. The van der Waals surface area contributed by atoms with Crippen LogP contribution in [0.1, 0.15) is 42.2 Å². The van der Waals surface area contributed by atoms with Crippen LogP contribution in [-0.2, 0) is 15.9 Å². The predicted octanol–water partition coefficient (Wildman–Crippen LogP) is 4.11. The van der Waals surface area contributed by atoms with Gasteiger partial charge in [0.1, 0.15) is 0 Å². The standard InChI is InChI=1S/C16H23ClO2/c1-18-11-8-13-4-6-14(7-5-13)15(17)12-16(19-2)9-3-10-16/h4-7,15H,3,8-12H2,1-2H3.